The third-order valence-corrected chi connectivity index (χ3v) is 7.55. The number of halogens is 2. The van der Waals surface area contributed by atoms with Crippen molar-refractivity contribution in [3.8, 4) is 0 Å². The third-order valence-electron chi connectivity index (χ3n) is 4.58. The zero-order chi connectivity index (χ0) is 22.2. The number of nitrogens with one attached hydrogen (secondary N) is 2. The molecule has 9 nitrogen and oxygen atoms in total. The van der Waals surface area contributed by atoms with Gasteiger partial charge in [0, 0.05) is 0 Å². The summed E-state index contributed by atoms with van der Waals surface area (Å²) in [6, 6.07) is 7.85. The Morgan fingerprint density at radius 2 is 2.00 bits per heavy atom. The SMILES string of the molecule is CC(=O)N[C@H]1CCN(c2nc(NC(C)(C)C)nc3nn([I-]c4ccccc4Cl)nc23)C1. The van der Waals surface area contributed by atoms with Crippen LogP contribution >= 0.6 is 11.6 Å². The van der Waals surface area contributed by atoms with Gasteiger partial charge in [-0.05, 0) is 0 Å². The molecule has 0 unspecified atom stereocenters. The molecular weight excluding hydrogens is 531 g/mol. The summed E-state index contributed by atoms with van der Waals surface area (Å²) in [5.74, 6) is 1.23. The molecule has 1 fully saturated rings. The van der Waals surface area contributed by atoms with Crippen molar-refractivity contribution < 1.29 is 26.3 Å². The average molecular weight is 556 g/mol. The van der Waals surface area contributed by atoms with E-state index in [1.54, 1.807) is 9.93 Å². The molecule has 3 aromatic rings. The van der Waals surface area contributed by atoms with E-state index in [1.807, 2.05) is 24.3 Å². The summed E-state index contributed by atoms with van der Waals surface area (Å²) in [4.78, 5) is 23.0. The molecule has 0 spiro atoms. The van der Waals surface area contributed by atoms with Gasteiger partial charge in [0.15, 0.2) is 0 Å². The van der Waals surface area contributed by atoms with E-state index in [2.05, 4.69) is 46.4 Å². The van der Waals surface area contributed by atoms with Crippen molar-refractivity contribution in [2.75, 3.05) is 23.3 Å². The molecule has 166 valence electrons. The van der Waals surface area contributed by atoms with Gasteiger partial charge in [0.25, 0.3) is 0 Å². The monoisotopic (exact) mass is 555 g/mol. The van der Waals surface area contributed by atoms with Crippen molar-refractivity contribution in [2.24, 2.45) is 0 Å². The number of aromatic nitrogens is 5. The van der Waals surface area contributed by atoms with Crippen LogP contribution in [0.5, 0.6) is 0 Å². The van der Waals surface area contributed by atoms with Gasteiger partial charge in [-0.3, -0.25) is 0 Å². The zero-order valence-electron chi connectivity index (χ0n) is 17.9. The van der Waals surface area contributed by atoms with E-state index in [0.29, 0.717) is 23.7 Å². The van der Waals surface area contributed by atoms with Crippen LogP contribution in [-0.2, 0) is 4.79 Å². The summed E-state index contributed by atoms with van der Waals surface area (Å²) in [5.41, 5.74) is 1.01. The van der Waals surface area contributed by atoms with Crippen LogP contribution in [0, 0.1) is 3.57 Å². The molecule has 1 aliphatic heterocycles. The van der Waals surface area contributed by atoms with Gasteiger partial charge in [-0.1, -0.05) is 0 Å². The first-order chi connectivity index (χ1) is 14.7. The van der Waals surface area contributed by atoms with Crippen LogP contribution in [0.25, 0.3) is 11.2 Å². The molecule has 0 bridgehead atoms. The van der Waals surface area contributed by atoms with Crippen LogP contribution in [0.1, 0.15) is 34.1 Å². The molecule has 2 aromatic heterocycles. The maximum atomic E-state index is 11.5. The van der Waals surface area contributed by atoms with Gasteiger partial charge in [0.05, 0.1) is 0 Å². The van der Waals surface area contributed by atoms with Gasteiger partial charge in [0.1, 0.15) is 0 Å². The number of anilines is 2. The van der Waals surface area contributed by atoms with Crippen LogP contribution in [0.2, 0.25) is 5.02 Å². The summed E-state index contributed by atoms with van der Waals surface area (Å²) in [6.07, 6.45) is 0.855. The first-order valence-corrected chi connectivity index (χ1v) is 12.5. The Bertz CT molecular complexity index is 1110. The number of carbonyl (C=O) groups excluding carboxylic acids is 1. The predicted octanol–water partition coefficient (Wildman–Crippen LogP) is -0.478. The van der Waals surface area contributed by atoms with E-state index in [4.69, 9.17) is 21.7 Å². The van der Waals surface area contributed by atoms with E-state index in [0.717, 1.165) is 27.4 Å². The second kappa shape index (κ2) is 8.73. The van der Waals surface area contributed by atoms with Gasteiger partial charge in [-0.15, -0.1) is 0 Å². The Kier molecular flexibility index (Phi) is 6.20. The Balaban J connectivity index is 1.71. The number of amides is 1. The molecular formula is C20H25ClIN8O-. The second-order valence-electron chi connectivity index (χ2n) is 8.49. The molecule has 31 heavy (non-hydrogen) atoms. The molecule has 1 aliphatic rings. The summed E-state index contributed by atoms with van der Waals surface area (Å²) < 4.78 is 2.75. The molecule has 11 heteroatoms. The standard InChI is InChI=1S/C20H25ClIN8O/c1-12(31)23-13-9-10-29(11-13)18-16-17(24-19(25-18)26-20(2,3)4)28-30(27-16)22-15-8-6-5-7-14(15)21/h5-8,13H,9-11H2,1-4H3,(H,23,31)(H,24,26,28)/q-1/t13-/m0/s1. The Hall–Kier alpha value is -2.21. The van der Waals surface area contributed by atoms with Crippen molar-refractivity contribution in [3.05, 3.63) is 32.9 Å². The van der Waals surface area contributed by atoms with Gasteiger partial charge in [0.2, 0.25) is 0 Å². The minimum atomic E-state index is -0.727. The van der Waals surface area contributed by atoms with E-state index in [9.17, 15) is 4.79 Å². The second-order valence-corrected chi connectivity index (χ2v) is 11.4. The van der Waals surface area contributed by atoms with E-state index in [1.165, 1.54) is 0 Å². The fourth-order valence-corrected chi connectivity index (χ4v) is 5.60. The van der Waals surface area contributed by atoms with Crippen LogP contribution in [0.4, 0.5) is 11.8 Å². The summed E-state index contributed by atoms with van der Waals surface area (Å²) in [5, 5.41) is 16.4. The summed E-state index contributed by atoms with van der Waals surface area (Å²) in [7, 11) is 0. The molecule has 1 atom stereocenters. The number of hydrogen-bond donors (Lipinski definition) is 2. The normalized spacial score (nSPS) is 16.8. The van der Waals surface area contributed by atoms with Crippen LogP contribution in [-0.4, -0.2) is 53.8 Å². The van der Waals surface area contributed by atoms with Crippen molar-refractivity contribution in [1.82, 2.24) is 28.5 Å². The summed E-state index contributed by atoms with van der Waals surface area (Å²) >= 11 is 5.61. The van der Waals surface area contributed by atoms with Crippen molar-refractivity contribution >= 4 is 40.4 Å². The predicted molar refractivity (Wildman–Crippen MR) is 116 cm³/mol. The number of nitrogens with zero attached hydrogens (tertiary/aromatic N) is 6. The molecule has 1 aromatic carbocycles. The Morgan fingerprint density at radius 3 is 2.71 bits per heavy atom. The fourth-order valence-electron chi connectivity index (χ4n) is 3.37. The van der Waals surface area contributed by atoms with E-state index >= 15 is 0 Å². The molecule has 1 saturated heterocycles. The number of hydrogen-bond acceptors (Lipinski definition) is 7. The van der Waals surface area contributed by atoms with Gasteiger partial charge < -0.3 is 0 Å². The summed E-state index contributed by atoms with van der Waals surface area (Å²) in [6.45, 7) is 9.17. The van der Waals surface area contributed by atoms with Crippen LogP contribution in [0.3, 0.4) is 0 Å². The first kappa shape index (κ1) is 22.0. The van der Waals surface area contributed by atoms with Crippen molar-refractivity contribution in [1.29, 1.82) is 0 Å². The molecule has 0 aliphatic carbocycles. The van der Waals surface area contributed by atoms with Crippen molar-refractivity contribution in [3.63, 3.8) is 0 Å². The number of rotatable bonds is 5. The Labute approximate surface area is 196 Å². The molecule has 0 radical (unpaired) electrons. The molecule has 1 amide bonds. The zero-order valence-corrected chi connectivity index (χ0v) is 20.8. The molecule has 4 rings (SSSR count). The van der Waals surface area contributed by atoms with Gasteiger partial charge in [-0.25, -0.2) is 0 Å². The number of fused-ring (bicyclic) bond motifs is 1. The van der Waals surface area contributed by atoms with E-state index in [-0.39, 0.29) is 17.5 Å². The van der Waals surface area contributed by atoms with Crippen LogP contribution in [0.15, 0.2) is 24.3 Å². The van der Waals surface area contributed by atoms with Crippen LogP contribution < -0.4 is 37.0 Å². The molecule has 0 saturated carbocycles. The Morgan fingerprint density at radius 1 is 1.23 bits per heavy atom. The molecule has 3 heterocycles. The first-order valence-electron chi connectivity index (χ1n) is 10.0. The van der Waals surface area contributed by atoms with Gasteiger partial charge in [-0.2, -0.15) is 0 Å². The van der Waals surface area contributed by atoms with E-state index < -0.39 is 21.5 Å². The molecule has 2 N–H and O–H groups in total. The van der Waals surface area contributed by atoms with Gasteiger partial charge >= 0.3 is 197 Å². The minimum absolute atomic E-state index is 0.0230. The van der Waals surface area contributed by atoms with Crippen molar-refractivity contribution in [2.45, 2.75) is 45.7 Å². The average Bonchev–Trinajstić information content (AvgIpc) is 3.27. The quantitative estimate of drug-likeness (QED) is 0.410. The maximum absolute atomic E-state index is 11.5. The number of benzene rings is 1. The third kappa shape index (κ3) is 5.35. The topological polar surface area (TPSA) is 101 Å². The fraction of sp³-hybridized carbons (Fsp3) is 0.450. The number of carbonyl (C=O) groups is 1.